The molecule has 0 saturated carbocycles. The van der Waals surface area contributed by atoms with E-state index in [-0.39, 0.29) is 22.4 Å². The smallest absolute Gasteiger partial charge is 0.406 e. The van der Waals surface area contributed by atoms with Crippen molar-refractivity contribution in [2.24, 2.45) is 0 Å². The number of imide groups is 1. The Hall–Kier alpha value is -3.36. The molecule has 128 valence electrons. The van der Waals surface area contributed by atoms with E-state index >= 15 is 0 Å². The van der Waals surface area contributed by atoms with Crippen LogP contribution in [0.25, 0.3) is 0 Å². The molecule has 0 atom stereocenters. The Kier molecular flexibility index (Phi) is 3.91. The minimum atomic E-state index is -4.81. The molecule has 0 unspecified atom stereocenters. The van der Waals surface area contributed by atoms with Crippen LogP contribution in [0.5, 0.6) is 5.75 Å². The predicted octanol–water partition coefficient (Wildman–Crippen LogP) is 2.72. The lowest BCUT2D eigenvalue weighted by atomic mass is 10.1. The van der Waals surface area contributed by atoms with Crippen molar-refractivity contribution < 1.29 is 32.3 Å². The molecule has 0 aromatic heterocycles. The van der Waals surface area contributed by atoms with Crippen molar-refractivity contribution in [3.63, 3.8) is 0 Å². The molecule has 0 fully saturated rings. The first-order valence-corrected chi connectivity index (χ1v) is 6.90. The second kappa shape index (κ2) is 5.93. The highest BCUT2D eigenvalue weighted by Crippen LogP contribution is 2.24. The van der Waals surface area contributed by atoms with Gasteiger partial charge in [-0.2, -0.15) is 0 Å². The van der Waals surface area contributed by atoms with Gasteiger partial charge >= 0.3 is 6.36 Å². The van der Waals surface area contributed by atoms with E-state index in [2.05, 4.69) is 15.4 Å². The summed E-state index contributed by atoms with van der Waals surface area (Å²) in [5, 5.41) is 4.62. The van der Waals surface area contributed by atoms with Gasteiger partial charge < -0.3 is 10.1 Å². The van der Waals surface area contributed by atoms with E-state index in [1.807, 2.05) is 0 Å². The number of fused-ring (bicyclic) bond motifs is 1. The van der Waals surface area contributed by atoms with Crippen LogP contribution < -0.4 is 15.4 Å². The second-order valence-corrected chi connectivity index (χ2v) is 5.07. The molecule has 1 aliphatic heterocycles. The first-order valence-electron chi connectivity index (χ1n) is 6.90. The highest BCUT2D eigenvalue weighted by atomic mass is 19.4. The fourth-order valence-corrected chi connectivity index (χ4v) is 2.26. The van der Waals surface area contributed by atoms with Crippen LogP contribution in [-0.4, -0.2) is 24.1 Å². The quantitative estimate of drug-likeness (QED) is 0.834. The number of carbonyl (C=O) groups excluding carboxylic acids is 3. The number of ether oxygens (including phenoxy) is 1. The van der Waals surface area contributed by atoms with E-state index in [4.69, 9.17) is 0 Å². The molecular weight excluding hydrogens is 341 g/mol. The molecule has 3 amide bonds. The lowest BCUT2D eigenvalue weighted by Crippen LogP contribution is -2.19. The summed E-state index contributed by atoms with van der Waals surface area (Å²) in [5.74, 6) is -2.12. The second-order valence-electron chi connectivity index (χ2n) is 5.07. The molecule has 3 rings (SSSR count). The third kappa shape index (κ3) is 3.60. The lowest BCUT2D eigenvalue weighted by molar-refractivity contribution is -0.274. The van der Waals surface area contributed by atoms with Gasteiger partial charge in [0.2, 0.25) is 0 Å². The summed E-state index contributed by atoms with van der Waals surface area (Å²) in [6.07, 6.45) is -4.81. The molecule has 6 nitrogen and oxygen atoms in total. The van der Waals surface area contributed by atoms with E-state index < -0.39 is 29.8 Å². The number of benzene rings is 2. The zero-order chi connectivity index (χ0) is 18.2. The van der Waals surface area contributed by atoms with Crippen molar-refractivity contribution in [1.29, 1.82) is 0 Å². The van der Waals surface area contributed by atoms with Crippen molar-refractivity contribution in [3.05, 3.63) is 59.2 Å². The standard InChI is InChI=1S/C16H9F3N2O4/c17-16(18,19)25-10-4-1-8(2-5-10)13(22)20-9-3-6-11-12(7-9)15(24)21-14(11)23/h1-7H,(H,20,22)(H,21,23,24). The fraction of sp³-hybridized carbons (Fsp3) is 0.0625. The highest BCUT2D eigenvalue weighted by Gasteiger charge is 2.31. The van der Waals surface area contributed by atoms with E-state index in [1.165, 1.54) is 30.3 Å². The molecule has 1 aliphatic rings. The summed E-state index contributed by atoms with van der Waals surface area (Å²) in [7, 11) is 0. The number of anilines is 1. The van der Waals surface area contributed by atoms with Gasteiger partial charge in [-0.15, -0.1) is 13.2 Å². The third-order valence-corrected chi connectivity index (χ3v) is 3.34. The summed E-state index contributed by atoms with van der Waals surface area (Å²) in [6.45, 7) is 0. The van der Waals surface area contributed by atoms with Gasteiger partial charge in [0.25, 0.3) is 17.7 Å². The summed E-state index contributed by atoms with van der Waals surface area (Å²) in [4.78, 5) is 35.2. The SMILES string of the molecule is O=C(Nc1ccc2c(c1)C(=O)NC2=O)c1ccc(OC(F)(F)F)cc1. The molecule has 0 aliphatic carbocycles. The molecule has 0 radical (unpaired) electrons. The van der Waals surface area contributed by atoms with Crippen LogP contribution >= 0.6 is 0 Å². The van der Waals surface area contributed by atoms with Gasteiger partial charge in [-0.3, -0.25) is 19.7 Å². The highest BCUT2D eigenvalue weighted by molar-refractivity contribution is 6.22. The van der Waals surface area contributed by atoms with Crippen LogP contribution in [-0.2, 0) is 0 Å². The van der Waals surface area contributed by atoms with Crippen LogP contribution in [0.3, 0.4) is 0 Å². The molecule has 1 heterocycles. The van der Waals surface area contributed by atoms with E-state index in [1.54, 1.807) is 0 Å². The Bertz CT molecular complexity index is 876. The minimum absolute atomic E-state index is 0.0931. The summed E-state index contributed by atoms with van der Waals surface area (Å²) >= 11 is 0. The zero-order valence-electron chi connectivity index (χ0n) is 12.3. The Labute approximate surface area is 138 Å². The third-order valence-electron chi connectivity index (χ3n) is 3.34. The van der Waals surface area contributed by atoms with Gasteiger partial charge in [0.05, 0.1) is 11.1 Å². The van der Waals surface area contributed by atoms with Gasteiger partial charge in [-0.1, -0.05) is 0 Å². The van der Waals surface area contributed by atoms with Crippen molar-refractivity contribution >= 4 is 23.4 Å². The Morgan fingerprint density at radius 3 is 2.24 bits per heavy atom. The van der Waals surface area contributed by atoms with Crippen LogP contribution in [0.2, 0.25) is 0 Å². The molecule has 2 N–H and O–H groups in total. The number of amides is 3. The Morgan fingerprint density at radius 2 is 1.60 bits per heavy atom. The molecular formula is C16H9F3N2O4. The normalized spacial score (nSPS) is 13.2. The summed E-state index contributed by atoms with van der Waals surface area (Å²) in [6, 6.07) is 8.53. The number of nitrogens with one attached hydrogen (secondary N) is 2. The van der Waals surface area contributed by atoms with E-state index in [0.29, 0.717) is 0 Å². The van der Waals surface area contributed by atoms with Crippen molar-refractivity contribution in [3.8, 4) is 5.75 Å². The average molecular weight is 350 g/mol. The first-order chi connectivity index (χ1) is 11.7. The Balaban J connectivity index is 1.74. The molecule has 2 aromatic carbocycles. The van der Waals surface area contributed by atoms with Crippen LogP contribution in [0.1, 0.15) is 31.1 Å². The van der Waals surface area contributed by atoms with Crippen LogP contribution in [0.15, 0.2) is 42.5 Å². The molecule has 9 heteroatoms. The van der Waals surface area contributed by atoms with Gasteiger partial charge in [-0.05, 0) is 42.5 Å². The largest absolute Gasteiger partial charge is 0.573 e. The summed E-state index contributed by atoms with van der Waals surface area (Å²) in [5.41, 5.74) is 0.702. The number of rotatable bonds is 3. The molecule has 0 bridgehead atoms. The number of hydrogen-bond acceptors (Lipinski definition) is 4. The van der Waals surface area contributed by atoms with Crippen LogP contribution in [0, 0.1) is 0 Å². The zero-order valence-corrected chi connectivity index (χ0v) is 12.3. The lowest BCUT2D eigenvalue weighted by Gasteiger charge is -2.10. The van der Waals surface area contributed by atoms with Gasteiger partial charge in [0.1, 0.15) is 5.75 Å². The van der Waals surface area contributed by atoms with Crippen molar-refractivity contribution in [2.75, 3.05) is 5.32 Å². The van der Waals surface area contributed by atoms with Gasteiger partial charge in [-0.25, -0.2) is 0 Å². The monoisotopic (exact) mass is 350 g/mol. The number of hydrogen-bond donors (Lipinski definition) is 2. The Morgan fingerprint density at radius 1 is 0.960 bits per heavy atom. The predicted molar refractivity (Wildman–Crippen MR) is 79.3 cm³/mol. The minimum Gasteiger partial charge on any atom is -0.406 e. The number of halogens is 3. The maximum Gasteiger partial charge on any atom is 0.573 e. The molecule has 0 saturated heterocycles. The van der Waals surface area contributed by atoms with E-state index in [0.717, 1.165) is 12.1 Å². The van der Waals surface area contributed by atoms with Crippen molar-refractivity contribution in [1.82, 2.24) is 5.32 Å². The van der Waals surface area contributed by atoms with Crippen molar-refractivity contribution in [2.45, 2.75) is 6.36 Å². The molecule has 2 aromatic rings. The average Bonchev–Trinajstić information content (AvgIpc) is 2.81. The molecule has 0 spiro atoms. The van der Waals surface area contributed by atoms with Crippen LogP contribution in [0.4, 0.5) is 18.9 Å². The maximum absolute atomic E-state index is 12.1. The molecule has 25 heavy (non-hydrogen) atoms. The summed E-state index contributed by atoms with van der Waals surface area (Å²) < 4.78 is 40.0. The first kappa shape index (κ1) is 16.5. The number of alkyl halides is 3. The fourth-order valence-electron chi connectivity index (χ4n) is 2.26. The number of carbonyl (C=O) groups is 3. The van der Waals surface area contributed by atoms with E-state index in [9.17, 15) is 27.6 Å². The van der Waals surface area contributed by atoms with Gasteiger partial charge in [0.15, 0.2) is 0 Å². The topological polar surface area (TPSA) is 84.5 Å². The maximum atomic E-state index is 12.1. The van der Waals surface area contributed by atoms with Gasteiger partial charge in [0, 0.05) is 11.3 Å².